The molecule has 0 radical (unpaired) electrons. The van der Waals surface area contributed by atoms with E-state index in [1.165, 1.54) is 23.1 Å². The third kappa shape index (κ3) is 5.05. The average molecular weight is 266 g/mol. The van der Waals surface area contributed by atoms with Crippen LogP contribution in [0, 0.1) is 5.82 Å². The van der Waals surface area contributed by atoms with Crippen LogP contribution < -0.4 is 5.73 Å². The second kappa shape index (κ2) is 6.86. The number of carbonyl (C=O) groups is 1. The van der Waals surface area contributed by atoms with Crippen molar-refractivity contribution in [1.82, 2.24) is 4.90 Å². The molecule has 1 amide bonds. The third-order valence-corrected chi connectivity index (χ3v) is 2.56. The van der Waals surface area contributed by atoms with Crippen molar-refractivity contribution in [2.75, 3.05) is 13.6 Å². The number of rotatable bonds is 5. The monoisotopic (exact) mass is 266 g/mol. The van der Waals surface area contributed by atoms with Crippen LogP contribution in [-0.4, -0.2) is 29.4 Å². The lowest BCUT2D eigenvalue weighted by Gasteiger charge is -2.14. The molecule has 18 heavy (non-hydrogen) atoms. The molecule has 3 nitrogen and oxygen atoms in total. The fourth-order valence-corrected chi connectivity index (χ4v) is 1.35. The third-order valence-electron chi connectivity index (χ3n) is 2.36. The number of carbonyl (C=O) groups excluding carboxylic acids is 1. The molecule has 2 N–H and O–H groups in total. The lowest BCUT2D eigenvalue weighted by atomic mass is 10.2. The van der Waals surface area contributed by atoms with E-state index in [0.717, 1.165) is 5.56 Å². The zero-order valence-corrected chi connectivity index (χ0v) is 10.9. The van der Waals surface area contributed by atoms with Crippen molar-refractivity contribution in [2.24, 2.45) is 5.73 Å². The lowest BCUT2D eigenvalue weighted by Crippen LogP contribution is -2.28. The van der Waals surface area contributed by atoms with E-state index in [-0.39, 0.29) is 11.7 Å². The zero-order chi connectivity index (χ0) is 13.5. The van der Waals surface area contributed by atoms with E-state index in [2.05, 4.69) is 0 Å². The molecule has 0 aliphatic rings. The van der Waals surface area contributed by atoms with E-state index in [0.29, 0.717) is 18.0 Å². The van der Waals surface area contributed by atoms with E-state index < -0.39 is 0 Å². The second-order valence-electron chi connectivity index (χ2n) is 3.86. The largest absolute Gasteiger partial charge is 0.393 e. The van der Waals surface area contributed by atoms with Crippen molar-refractivity contribution >= 4 is 29.2 Å². The maximum absolute atomic E-state index is 12.7. The van der Waals surface area contributed by atoms with Gasteiger partial charge in [0.1, 0.15) is 5.82 Å². The van der Waals surface area contributed by atoms with Crippen LogP contribution in [0.15, 0.2) is 30.3 Å². The van der Waals surface area contributed by atoms with Gasteiger partial charge in [-0.3, -0.25) is 4.79 Å². The first-order chi connectivity index (χ1) is 8.49. The Morgan fingerprint density at radius 1 is 1.44 bits per heavy atom. The highest BCUT2D eigenvalue weighted by Crippen LogP contribution is 2.05. The van der Waals surface area contributed by atoms with Gasteiger partial charge in [0.05, 0.1) is 4.99 Å². The van der Waals surface area contributed by atoms with Gasteiger partial charge in [0, 0.05) is 26.1 Å². The molecular weight excluding hydrogens is 251 g/mol. The number of nitrogens with two attached hydrogens (primary N) is 1. The minimum atomic E-state index is -0.299. The van der Waals surface area contributed by atoms with Crippen LogP contribution in [0.1, 0.15) is 12.0 Å². The molecule has 1 aromatic carbocycles. The van der Waals surface area contributed by atoms with Crippen molar-refractivity contribution in [2.45, 2.75) is 6.42 Å². The Hall–Kier alpha value is -1.75. The summed E-state index contributed by atoms with van der Waals surface area (Å²) < 4.78 is 12.7. The van der Waals surface area contributed by atoms with Gasteiger partial charge >= 0.3 is 0 Å². The quantitative estimate of drug-likeness (QED) is 0.654. The van der Waals surface area contributed by atoms with Crippen molar-refractivity contribution in [3.05, 3.63) is 41.7 Å². The molecule has 0 atom stereocenters. The van der Waals surface area contributed by atoms with Crippen LogP contribution in [0.4, 0.5) is 4.39 Å². The standard InChI is InChI=1S/C13H15FN2OS/c1-16(9-8-12(15)18)13(17)7-4-10-2-5-11(14)6-3-10/h2-7H,8-9H2,1H3,(H2,15,18)/b7-4+. The summed E-state index contributed by atoms with van der Waals surface area (Å²) in [7, 11) is 1.68. The number of hydrogen-bond acceptors (Lipinski definition) is 2. The van der Waals surface area contributed by atoms with E-state index in [4.69, 9.17) is 18.0 Å². The highest BCUT2D eigenvalue weighted by Gasteiger charge is 2.04. The molecule has 0 aliphatic carbocycles. The number of amides is 1. The molecule has 0 heterocycles. The molecule has 0 aliphatic heterocycles. The highest BCUT2D eigenvalue weighted by molar-refractivity contribution is 7.80. The maximum atomic E-state index is 12.7. The zero-order valence-electron chi connectivity index (χ0n) is 10.1. The number of benzene rings is 1. The topological polar surface area (TPSA) is 46.3 Å². The fourth-order valence-electron chi connectivity index (χ4n) is 1.26. The van der Waals surface area contributed by atoms with Crippen molar-refractivity contribution < 1.29 is 9.18 Å². The first-order valence-corrected chi connectivity index (χ1v) is 5.87. The van der Waals surface area contributed by atoms with Gasteiger partial charge < -0.3 is 10.6 Å². The Balaban J connectivity index is 2.53. The molecule has 0 bridgehead atoms. The molecule has 0 saturated heterocycles. The summed E-state index contributed by atoms with van der Waals surface area (Å²) in [4.78, 5) is 13.6. The van der Waals surface area contributed by atoms with Crippen LogP contribution in [0.5, 0.6) is 0 Å². The molecule has 0 fully saturated rings. The van der Waals surface area contributed by atoms with E-state index >= 15 is 0 Å². The maximum Gasteiger partial charge on any atom is 0.246 e. The van der Waals surface area contributed by atoms with Crippen molar-refractivity contribution in [3.8, 4) is 0 Å². The van der Waals surface area contributed by atoms with Crippen LogP contribution >= 0.6 is 12.2 Å². The van der Waals surface area contributed by atoms with Crippen LogP contribution in [0.2, 0.25) is 0 Å². The lowest BCUT2D eigenvalue weighted by molar-refractivity contribution is -0.124. The Morgan fingerprint density at radius 3 is 2.61 bits per heavy atom. The molecule has 5 heteroatoms. The van der Waals surface area contributed by atoms with Gasteiger partial charge in [-0.15, -0.1) is 0 Å². The Labute approximate surface area is 111 Å². The number of thiocarbonyl (C=S) groups is 1. The molecule has 0 aromatic heterocycles. The molecule has 1 aromatic rings. The molecule has 1 rings (SSSR count). The Morgan fingerprint density at radius 2 is 2.06 bits per heavy atom. The summed E-state index contributed by atoms with van der Waals surface area (Å²) >= 11 is 4.74. The first-order valence-electron chi connectivity index (χ1n) is 5.46. The van der Waals surface area contributed by atoms with Gasteiger partial charge in [-0.05, 0) is 23.8 Å². The predicted octanol–water partition coefficient (Wildman–Crippen LogP) is 1.97. The SMILES string of the molecule is CN(CCC(N)=S)C(=O)/C=C/c1ccc(F)cc1. The van der Waals surface area contributed by atoms with E-state index in [1.54, 1.807) is 25.3 Å². The minimum Gasteiger partial charge on any atom is -0.393 e. The molecule has 0 saturated carbocycles. The Kier molecular flexibility index (Phi) is 5.45. The van der Waals surface area contributed by atoms with Gasteiger partial charge in [-0.25, -0.2) is 4.39 Å². The van der Waals surface area contributed by atoms with Crippen molar-refractivity contribution in [3.63, 3.8) is 0 Å². The van der Waals surface area contributed by atoms with E-state index in [9.17, 15) is 9.18 Å². The molecular formula is C13H15FN2OS. The van der Waals surface area contributed by atoms with Gasteiger partial charge in [-0.1, -0.05) is 24.4 Å². The summed E-state index contributed by atoms with van der Waals surface area (Å²) in [5.74, 6) is -0.442. The van der Waals surface area contributed by atoms with Gasteiger partial charge in [0.2, 0.25) is 5.91 Å². The summed E-state index contributed by atoms with van der Waals surface area (Å²) in [5, 5.41) is 0. The average Bonchev–Trinajstić information content (AvgIpc) is 2.34. The molecule has 0 spiro atoms. The van der Waals surface area contributed by atoms with E-state index in [1.807, 2.05) is 0 Å². The minimum absolute atomic E-state index is 0.143. The molecule has 96 valence electrons. The number of halogens is 1. The van der Waals surface area contributed by atoms with Gasteiger partial charge in [-0.2, -0.15) is 0 Å². The van der Waals surface area contributed by atoms with Crippen LogP contribution in [0.3, 0.4) is 0 Å². The predicted molar refractivity (Wildman–Crippen MR) is 74.5 cm³/mol. The fraction of sp³-hybridized carbons (Fsp3) is 0.231. The van der Waals surface area contributed by atoms with Crippen LogP contribution in [0.25, 0.3) is 6.08 Å². The first kappa shape index (κ1) is 14.3. The highest BCUT2D eigenvalue weighted by atomic mass is 32.1. The summed E-state index contributed by atoms with van der Waals surface area (Å²) in [6, 6.07) is 5.91. The number of nitrogens with zero attached hydrogens (tertiary/aromatic N) is 1. The number of likely N-dealkylation sites (N-methyl/N-ethyl adjacent to an activating group) is 1. The van der Waals surface area contributed by atoms with Gasteiger partial charge in [0.25, 0.3) is 0 Å². The normalized spacial score (nSPS) is 10.6. The summed E-state index contributed by atoms with van der Waals surface area (Å²) in [6.07, 6.45) is 3.58. The van der Waals surface area contributed by atoms with Crippen LogP contribution in [-0.2, 0) is 4.79 Å². The number of hydrogen-bond donors (Lipinski definition) is 1. The summed E-state index contributed by atoms with van der Waals surface area (Å²) in [6.45, 7) is 0.488. The van der Waals surface area contributed by atoms with Gasteiger partial charge in [0.15, 0.2) is 0 Å². The summed E-state index contributed by atoms with van der Waals surface area (Å²) in [5.41, 5.74) is 6.13. The smallest absolute Gasteiger partial charge is 0.246 e. The van der Waals surface area contributed by atoms with Crippen molar-refractivity contribution in [1.29, 1.82) is 0 Å². The second-order valence-corrected chi connectivity index (χ2v) is 4.39. The molecule has 0 unspecified atom stereocenters. The Bertz CT molecular complexity index is 457.